The van der Waals surface area contributed by atoms with E-state index < -0.39 is 0 Å². The van der Waals surface area contributed by atoms with E-state index in [2.05, 4.69) is 50.9 Å². The average molecular weight is 403 g/mol. The van der Waals surface area contributed by atoms with Crippen LogP contribution in [0.5, 0.6) is 5.75 Å². The summed E-state index contributed by atoms with van der Waals surface area (Å²) < 4.78 is 7.66. The Balaban J connectivity index is 1.69. The fourth-order valence-corrected chi connectivity index (χ4v) is 3.88. The molecule has 0 unspecified atom stereocenters. The zero-order valence-electron chi connectivity index (χ0n) is 16.4. The third-order valence-electron chi connectivity index (χ3n) is 4.45. The Hall–Kier alpha value is -3.12. The number of ether oxygens (including phenoxy) is 1. The summed E-state index contributed by atoms with van der Waals surface area (Å²) in [4.78, 5) is 4.24. The van der Waals surface area contributed by atoms with Crippen molar-refractivity contribution < 1.29 is 4.74 Å². The molecule has 0 amide bonds. The first-order valence-corrected chi connectivity index (χ1v) is 10.5. The number of rotatable bonds is 7. The lowest BCUT2D eigenvalue weighted by atomic mass is 10.2. The first-order valence-electron chi connectivity index (χ1n) is 9.52. The molecule has 2 aromatic heterocycles. The van der Waals surface area contributed by atoms with Crippen LogP contribution in [0.2, 0.25) is 0 Å². The van der Waals surface area contributed by atoms with Gasteiger partial charge in [0.25, 0.3) is 0 Å². The van der Waals surface area contributed by atoms with E-state index in [-0.39, 0.29) is 0 Å². The molecular weight excluding hydrogens is 380 g/mol. The van der Waals surface area contributed by atoms with Gasteiger partial charge in [0.15, 0.2) is 11.0 Å². The third kappa shape index (κ3) is 4.49. The van der Waals surface area contributed by atoms with Gasteiger partial charge in [0.05, 0.1) is 6.61 Å². The molecule has 0 radical (unpaired) electrons. The van der Waals surface area contributed by atoms with Gasteiger partial charge in [0.2, 0.25) is 0 Å². The van der Waals surface area contributed by atoms with Crippen molar-refractivity contribution in [1.29, 1.82) is 0 Å². The van der Waals surface area contributed by atoms with Crippen molar-refractivity contribution in [2.75, 3.05) is 6.61 Å². The SMILES string of the molecule is CCOc1ccc(-n2c(SCc3ccc(C)cc3)nnc2-c2cccnc2)cc1. The molecule has 4 aromatic rings. The van der Waals surface area contributed by atoms with Crippen LogP contribution in [0.25, 0.3) is 17.1 Å². The van der Waals surface area contributed by atoms with Gasteiger partial charge in [-0.05, 0) is 55.8 Å². The van der Waals surface area contributed by atoms with Crippen molar-refractivity contribution in [3.05, 3.63) is 84.2 Å². The van der Waals surface area contributed by atoms with Crippen LogP contribution >= 0.6 is 11.8 Å². The quantitative estimate of drug-likeness (QED) is 0.391. The van der Waals surface area contributed by atoms with Gasteiger partial charge in [0, 0.05) is 29.4 Å². The zero-order valence-corrected chi connectivity index (χ0v) is 17.3. The Morgan fingerprint density at radius 2 is 1.76 bits per heavy atom. The Morgan fingerprint density at radius 3 is 2.45 bits per heavy atom. The maximum atomic E-state index is 5.58. The second-order valence-corrected chi connectivity index (χ2v) is 7.53. The third-order valence-corrected chi connectivity index (χ3v) is 5.45. The highest BCUT2D eigenvalue weighted by Gasteiger charge is 2.16. The summed E-state index contributed by atoms with van der Waals surface area (Å²) in [5, 5.41) is 9.79. The predicted octanol–water partition coefficient (Wildman–Crippen LogP) is 5.33. The summed E-state index contributed by atoms with van der Waals surface area (Å²) in [6.45, 7) is 4.72. The minimum absolute atomic E-state index is 0.643. The Kier molecular flexibility index (Phi) is 5.91. The molecule has 0 N–H and O–H groups in total. The number of hydrogen-bond donors (Lipinski definition) is 0. The normalized spacial score (nSPS) is 10.8. The van der Waals surface area contributed by atoms with E-state index in [1.54, 1.807) is 18.0 Å². The van der Waals surface area contributed by atoms with Gasteiger partial charge in [-0.3, -0.25) is 9.55 Å². The smallest absolute Gasteiger partial charge is 0.196 e. The minimum Gasteiger partial charge on any atom is -0.494 e. The molecule has 2 heterocycles. The first-order chi connectivity index (χ1) is 14.2. The molecule has 0 saturated carbocycles. The van der Waals surface area contributed by atoms with Crippen molar-refractivity contribution in [2.45, 2.75) is 24.8 Å². The van der Waals surface area contributed by atoms with Crippen LogP contribution in [0.3, 0.4) is 0 Å². The van der Waals surface area contributed by atoms with Crippen LogP contribution in [-0.2, 0) is 5.75 Å². The van der Waals surface area contributed by atoms with Gasteiger partial charge in [-0.1, -0.05) is 41.6 Å². The van der Waals surface area contributed by atoms with Gasteiger partial charge in [0.1, 0.15) is 5.75 Å². The molecule has 0 aliphatic carbocycles. The zero-order chi connectivity index (χ0) is 20.1. The minimum atomic E-state index is 0.643. The molecule has 2 aromatic carbocycles. The summed E-state index contributed by atoms with van der Waals surface area (Å²) >= 11 is 1.67. The van der Waals surface area contributed by atoms with E-state index >= 15 is 0 Å². The van der Waals surface area contributed by atoms with Crippen LogP contribution in [0.1, 0.15) is 18.1 Å². The molecule has 4 rings (SSSR count). The molecule has 146 valence electrons. The molecule has 0 atom stereocenters. The average Bonchev–Trinajstić information content (AvgIpc) is 3.19. The summed E-state index contributed by atoms with van der Waals surface area (Å²) in [6, 6.07) is 20.5. The first kappa shape index (κ1) is 19.2. The number of thioether (sulfide) groups is 1. The van der Waals surface area contributed by atoms with Crippen LogP contribution in [0, 0.1) is 6.92 Å². The molecule has 0 aliphatic rings. The monoisotopic (exact) mass is 402 g/mol. The Morgan fingerprint density at radius 1 is 0.966 bits per heavy atom. The van der Waals surface area contributed by atoms with Crippen molar-refractivity contribution in [1.82, 2.24) is 19.7 Å². The van der Waals surface area contributed by atoms with E-state index in [1.165, 1.54) is 11.1 Å². The van der Waals surface area contributed by atoms with Crippen LogP contribution in [-0.4, -0.2) is 26.4 Å². The lowest BCUT2D eigenvalue weighted by Gasteiger charge is -2.11. The van der Waals surface area contributed by atoms with Gasteiger partial charge in [-0.15, -0.1) is 10.2 Å². The second kappa shape index (κ2) is 8.92. The molecule has 0 saturated heterocycles. The number of pyridine rings is 1. The highest BCUT2D eigenvalue weighted by Crippen LogP contribution is 2.30. The number of nitrogens with zero attached hydrogens (tertiary/aromatic N) is 4. The highest BCUT2D eigenvalue weighted by atomic mass is 32.2. The van der Waals surface area contributed by atoms with Crippen LogP contribution in [0.4, 0.5) is 0 Å². The molecule has 6 heteroatoms. The van der Waals surface area contributed by atoms with Crippen LogP contribution in [0.15, 0.2) is 78.2 Å². The second-order valence-electron chi connectivity index (χ2n) is 6.58. The summed E-state index contributed by atoms with van der Waals surface area (Å²) in [6.07, 6.45) is 3.57. The van der Waals surface area contributed by atoms with Crippen molar-refractivity contribution in [3.8, 4) is 22.8 Å². The van der Waals surface area contributed by atoms with Gasteiger partial charge >= 0.3 is 0 Å². The summed E-state index contributed by atoms with van der Waals surface area (Å²) in [5.41, 5.74) is 4.43. The Labute approximate surface area is 174 Å². The molecule has 0 spiro atoms. The maximum absolute atomic E-state index is 5.58. The number of aromatic nitrogens is 4. The molecule has 0 fully saturated rings. The van der Waals surface area contributed by atoms with E-state index in [0.717, 1.165) is 33.7 Å². The highest BCUT2D eigenvalue weighted by molar-refractivity contribution is 7.98. The largest absolute Gasteiger partial charge is 0.494 e. The molecule has 0 bridgehead atoms. The fraction of sp³-hybridized carbons (Fsp3) is 0.174. The van der Waals surface area contributed by atoms with Crippen LogP contribution < -0.4 is 4.74 Å². The van der Waals surface area contributed by atoms with Gasteiger partial charge in [-0.25, -0.2) is 0 Å². The molecular formula is C23H22N4OS. The lowest BCUT2D eigenvalue weighted by molar-refractivity contribution is 0.340. The van der Waals surface area contributed by atoms with E-state index in [9.17, 15) is 0 Å². The maximum Gasteiger partial charge on any atom is 0.196 e. The lowest BCUT2D eigenvalue weighted by Crippen LogP contribution is -2.00. The standard InChI is InChI=1S/C23H22N4OS/c1-3-28-21-12-10-20(11-13-21)27-22(19-5-4-14-24-15-19)25-26-23(27)29-16-18-8-6-17(2)7-9-18/h4-15H,3,16H2,1-2H3. The molecule has 5 nitrogen and oxygen atoms in total. The van der Waals surface area contributed by atoms with Crippen molar-refractivity contribution >= 4 is 11.8 Å². The van der Waals surface area contributed by atoms with E-state index in [1.807, 2.05) is 49.5 Å². The number of aryl methyl sites for hydroxylation is 1. The molecule has 0 aliphatic heterocycles. The Bertz CT molecular complexity index is 1060. The van der Waals surface area contributed by atoms with E-state index in [4.69, 9.17) is 4.74 Å². The van der Waals surface area contributed by atoms with Crippen molar-refractivity contribution in [2.24, 2.45) is 0 Å². The topological polar surface area (TPSA) is 52.8 Å². The van der Waals surface area contributed by atoms with Gasteiger partial charge in [-0.2, -0.15) is 0 Å². The summed E-state index contributed by atoms with van der Waals surface area (Å²) in [7, 11) is 0. The number of hydrogen-bond acceptors (Lipinski definition) is 5. The summed E-state index contributed by atoms with van der Waals surface area (Å²) in [5.74, 6) is 2.44. The van der Waals surface area contributed by atoms with Gasteiger partial charge < -0.3 is 4.74 Å². The van der Waals surface area contributed by atoms with E-state index in [0.29, 0.717) is 6.61 Å². The number of benzene rings is 2. The fourth-order valence-electron chi connectivity index (χ4n) is 2.97. The van der Waals surface area contributed by atoms with Crippen molar-refractivity contribution in [3.63, 3.8) is 0 Å². The predicted molar refractivity (Wildman–Crippen MR) is 116 cm³/mol. The molecule has 29 heavy (non-hydrogen) atoms.